The second kappa shape index (κ2) is 6.66. The average molecular weight is 382 g/mol. The molecule has 1 aliphatic rings. The summed E-state index contributed by atoms with van der Waals surface area (Å²) in [6.45, 7) is 7.71. The molecule has 0 radical (unpaired) electrons. The molecule has 0 aromatic carbocycles. The number of H-pyrrole nitrogens is 1. The van der Waals surface area contributed by atoms with E-state index in [1.165, 1.54) is 16.8 Å². The fourth-order valence-electron chi connectivity index (χ4n) is 3.18. The summed E-state index contributed by atoms with van der Waals surface area (Å²) < 4.78 is 26.4. The van der Waals surface area contributed by atoms with Gasteiger partial charge in [0.2, 0.25) is 16.0 Å². The van der Waals surface area contributed by atoms with Crippen LogP contribution in [0.2, 0.25) is 0 Å². The topological polar surface area (TPSA) is 113 Å². The van der Waals surface area contributed by atoms with Crippen molar-refractivity contribution in [3.05, 3.63) is 16.6 Å². The molecule has 0 bridgehead atoms. The lowest BCUT2D eigenvalue weighted by molar-refractivity contribution is 0.283. The zero-order chi connectivity index (χ0) is 19.1. The third-order valence-corrected chi connectivity index (χ3v) is 5.98. The van der Waals surface area contributed by atoms with E-state index in [0.29, 0.717) is 42.5 Å². The van der Waals surface area contributed by atoms with Crippen LogP contribution in [0.25, 0.3) is 11.0 Å². The zero-order valence-corrected chi connectivity index (χ0v) is 16.4. The Morgan fingerprint density at radius 3 is 2.54 bits per heavy atom. The lowest BCUT2D eigenvalue weighted by Gasteiger charge is -2.30. The lowest BCUT2D eigenvalue weighted by atomic mass is 9.98. The van der Waals surface area contributed by atoms with Crippen molar-refractivity contribution >= 4 is 27.0 Å². The van der Waals surface area contributed by atoms with Gasteiger partial charge in [-0.1, -0.05) is 0 Å². The SMILES string of the molecule is CC(C)(C)n1ncc2c(=O)[nH]c(NCC3CCN(S(C)(=O)=O)CC3)nc21. The number of nitrogens with zero attached hydrogens (tertiary/aromatic N) is 4. The van der Waals surface area contributed by atoms with Crippen LogP contribution in [0.3, 0.4) is 0 Å². The summed E-state index contributed by atoms with van der Waals surface area (Å²) in [6, 6.07) is 0. The highest BCUT2D eigenvalue weighted by atomic mass is 32.2. The van der Waals surface area contributed by atoms with Gasteiger partial charge in [0.15, 0.2) is 5.65 Å². The maximum absolute atomic E-state index is 12.3. The Hall–Kier alpha value is -1.94. The van der Waals surface area contributed by atoms with Crippen LogP contribution >= 0.6 is 0 Å². The molecule has 0 saturated carbocycles. The summed E-state index contributed by atoms with van der Waals surface area (Å²) in [6.07, 6.45) is 4.35. The standard InChI is InChI=1S/C16H26N6O3S/c1-16(2,3)22-13-12(10-18-22)14(23)20-15(19-13)17-9-11-5-7-21(8-6-11)26(4,24)25/h10-11H,5-9H2,1-4H3,(H2,17,19,20,23). The monoisotopic (exact) mass is 382 g/mol. The number of nitrogens with one attached hydrogen (secondary N) is 2. The molecule has 2 N–H and O–H groups in total. The predicted molar refractivity (Wildman–Crippen MR) is 101 cm³/mol. The second-order valence-corrected chi connectivity index (χ2v) is 9.85. The van der Waals surface area contributed by atoms with Crippen molar-refractivity contribution in [2.24, 2.45) is 5.92 Å². The van der Waals surface area contributed by atoms with Crippen molar-refractivity contribution in [2.45, 2.75) is 39.2 Å². The Labute approximate surface area is 152 Å². The van der Waals surface area contributed by atoms with Gasteiger partial charge in [0, 0.05) is 19.6 Å². The maximum Gasteiger partial charge on any atom is 0.263 e. The fraction of sp³-hybridized carbons (Fsp3) is 0.688. The van der Waals surface area contributed by atoms with Crippen molar-refractivity contribution in [2.75, 3.05) is 31.2 Å². The largest absolute Gasteiger partial charge is 0.355 e. The number of piperidine rings is 1. The van der Waals surface area contributed by atoms with Crippen LogP contribution in [0.15, 0.2) is 11.0 Å². The highest BCUT2D eigenvalue weighted by Crippen LogP contribution is 2.21. The highest BCUT2D eigenvalue weighted by molar-refractivity contribution is 7.88. The van der Waals surface area contributed by atoms with E-state index in [1.54, 1.807) is 4.68 Å². The third kappa shape index (κ3) is 3.90. The van der Waals surface area contributed by atoms with Crippen LogP contribution in [0.1, 0.15) is 33.6 Å². The van der Waals surface area contributed by atoms with Gasteiger partial charge >= 0.3 is 0 Å². The van der Waals surface area contributed by atoms with Gasteiger partial charge in [0.05, 0.1) is 18.0 Å². The van der Waals surface area contributed by atoms with Gasteiger partial charge in [-0.05, 0) is 39.5 Å². The van der Waals surface area contributed by atoms with Gasteiger partial charge in [0.25, 0.3) is 5.56 Å². The second-order valence-electron chi connectivity index (χ2n) is 7.87. The van der Waals surface area contributed by atoms with Crippen LogP contribution in [0.4, 0.5) is 5.95 Å². The van der Waals surface area contributed by atoms with Crippen LogP contribution in [-0.4, -0.2) is 58.4 Å². The number of anilines is 1. The van der Waals surface area contributed by atoms with Crippen molar-refractivity contribution in [1.29, 1.82) is 0 Å². The molecule has 3 rings (SSSR count). The first kappa shape index (κ1) is 18.8. The van der Waals surface area contributed by atoms with Crippen LogP contribution < -0.4 is 10.9 Å². The Balaban J connectivity index is 1.71. The molecular weight excluding hydrogens is 356 g/mol. The number of fused-ring (bicyclic) bond motifs is 1. The molecule has 1 saturated heterocycles. The van der Waals surface area contributed by atoms with E-state index in [2.05, 4.69) is 20.4 Å². The molecule has 2 aromatic rings. The number of aromatic nitrogens is 4. The van der Waals surface area contributed by atoms with Crippen molar-refractivity contribution in [3.63, 3.8) is 0 Å². The first-order chi connectivity index (χ1) is 12.1. The van der Waals surface area contributed by atoms with Gasteiger partial charge in [-0.15, -0.1) is 0 Å². The van der Waals surface area contributed by atoms with Crippen molar-refractivity contribution < 1.29 is 8.42 Å². The normalized spacial score (nSPS) is 17.7. The molecular formula is C16H26N6O3S. The number of hydrogen-bond donors (Lipinski definition) is 2. The van der Waals surface area contributed by atoms with E-state index < -0.39 is 10.0 Å². The maximum atomic E-state index is 12.3. The van der Waals surface area contributed by atoms with Gasteiger partial charge < -0.3 is 5.32 Å². The molecule has 0 atom stereocenters. The first-order valence-electron chi connectivity index (χ1n) is 8.73. The quantitative estimate of drug-likeness (QED) is 0.814. The summed E-state index contributed by atoms with van der Waals surface area (Å²) >= 11 is 0. The van der Waals surface area contributed by atoms with E-state index in [0.717, 1.165) is 12.8 Å². The molecule has 10 heteroatoms. The van der Waals surface area contributed by atoms with Crippen LogP contribution in [0.5, 0.6) is 0 Å². The van der Waals surface area contributed by atoms with Crippen molar-refractivity contribution in [1.82, 2.24) is 24.1 Å². The molecule has 0 unspecified atom stereocenters. The number of rotatable bonds is 4. The van der Waals surface area contributed by atoms with E-state index in [4.69, 9.17) is 0 Å². The summed E-state index contributed by atoms with van der Waals surface area (Å²) in [7, 11) is -3.12. The first-order valence-corrected chi connectivity index (χ1v) is 10.6. The van der Waals surface area contributed by atoms with E-state index >= 15 is 0 Å². The molecule has 2 aromatic heterocycles. The summed E-state index contributed by atoms with van der Waals surface area (Å²) in [5.41, 5.74) is 0.0497. The molecule has 0 spiro atoms. The molecule has 0 aliphatic carbocycles. The Kier molecular flexibility index (Phi) is 4.82. The van der Waals surface area contributed by atoms with Gasteiger partial charge in [0.1, 0.15) is 5.39 Å². The summed E-state index contributed by atoms with van der Waals surface area (Å²) in [4.78, 5) is 19.6. The van der Waals surface area contributed by atoms with Gasteiger partial charge in [-0.3, -0.25) is 9.78 Å². The van der Waals surface area contributed by atoms with Gasteiger partial charge in [-0.2, -0.15) is 10.1 Å². The fourth-order valence-corrected chi connectivity index (χ4v) is 4.05. The molecule has 3 heterocycles. The molecule has 26 heavy (non-hydrogen) atoms. The van der Waals surface area contributed by atoms with E-state index in [9.17, 15) is 13.2 Å². The Morgan fingerprint density at radius 1 is 1.31 bits per heavy atom. The molecule has 9 nitrogen and oxygen atoms in total. The zero-order valence-electron chi connectivity index (χ0n) is 15.6. The summed E-state index contributed by atoms with van der Waals surface area (Å²) in [5.74, 6) is 0.751. The lowest BCUT2D eigenvalue weighted by Crippen LogP contribution is -2.39. The average Bonchev–Trinajstić information content (AvgIpc) is 2.97. The van der Waals surface area contributed by atoms with Crippen LogP contribution in [-0.2, 0) is 15.6 Å². The molecule has 0 amide bonds. The smallest absolute Gasteiger partial charge is 0.263 e. The minimum atomic E-state index is -3.12. The molecule has 1 aliphatic heterocycles. The third-order valence-electron chi connectivity index (χ3n) is 4.67. The highest BCUT2D eigenvalue weighted by Gasteiger charge is 2.25. The number of aromatic amines is 1. The van der Waals surface area contributed by atoms with E-state index in [1.807, 2.05) is 20.8 Å². The Bertz CT molecular complexity index is 949. The van der Waals surface area contributed by atoms with Crippen molar-refractivity contribution in [3.8, 4) is 0 Å². The number of hydrogen-bond acceptors (Lipinski definition) is 6. The minimum absolute atomic E-state index is 0.222. The summed E-state index contributed by atoms with van der Waals surface area (Å²) in [5, 5.41) is 7.95. The molecule has 144 valence electrons. The molecule has 1 fully saturated rings. The van der Waals surface area contributed by atoms with Gasteiger partial charge in [-0.25, -0.2) is 17.4 Å². The van der Waals surface area contributed by atoms with E-state index in [-0.39, 0.29) is 11.1 Å². The Morgan fingerprint density at radius 2 is 1.96 bits per heavy atom. The van der Waals surface area contributed by atoms with Crippen LogP contribution in [0, 0.1) is 5.92 Å². The number of sulfonamides is 1. The minimum Gasteiger partial charge on any atom is -0.355 e. The predicted octanol–water partition coefficient (Wildman–Crippen LogP) is 0.958.